The van der Waals surface area contributed by atoms with Crippen LogP contribution in [0.2, 0.25) is 0 Å². The number of rotatable bonds is 28. The quantitative estimate of drug-likeness (QED) is 0.0560. The molecule has 57 heavy (non-hydrogen) atoms. The van der Waals surface area contributed by atoms with Crippen molar-refractivity contribution in [2.75, 3.05) is 72.5 Å². The van der Waals surface area contributed by atoms with Gasteiger partial charge in [0.05, 0.1) is 58.8 Å². The number of benzene rings is 3. The van der Waals surface area contributed by atoms with Gasteiger partial charge in [-0.25, -0.2) is 4.98 Å². The van der Waals surface area contributed by atoms with Crippen LogP contribution >= 0.6 is 0 Å². The highest BCUT2D eigenvalue weighted by Crippen LogP contribution is 2.26. The summed E-state index contributed by atoms with van der Waals surface area (Å²) in [5.41, 5.74) is 8.09. The van der Waals surface area contributed by atoms with Crippen LogP contribution in [0.4, 0.5) is 0 Å². The lowest BCUT2D eigenvalue weighted by atomic mass is 9.96. The van der Waals surface area contributed by atoms with Gasteiger partial charge in [-0.15, -0.1) is 0 Å². The van der Waals surface area contributed by atoms with E-state index in [0.717, 1.165) is 23.1 Å². The largest absolute Gasteiger partial charge is 0.473 e. The summed E-state index contributed by atoms with van der Waals surface area (Å²) in [4.78, 5) is 29.1. The second-order valence-corrected chi connectivity index (χ2v) is 14.3. The van der Waals surface area contributed by atoms with Crippen molar-refractivity contribution in [3.63, 3.8) is 0 Å². The van der Waals surface area contributed by atoms with E-state index in [0.29, 0.717) is 97.4 Å². The lowest BCUT2D eigenvalue weighted by molar-refractivity contribution is -0.124. The second kappa shape index (κ2) is 26.3. The molecule has 4 rings (SSSR count). The van der Waals surface area contributed by atoms with Crippen molar-refractivity contribution >= 4 is 11.8 Å². The van der Waals surface area contributed by atoms with Crippen LogP contribution in [0, 0.1) is 12.8 Å². The molecule has 3 aromatic carbocycles. The summed E-state index contributed by atoms with van der Waals surface area (Å²) in [5, 5.41) is 9.08. The summed E-state index contributed by atoms with van der Waals surface area (Å²) < 4.78 is 28.2. The molecule has 1 heterocycles. The first kappa shape index (κ1) is 45.1. The van der Waals surface area contributed by atoms with Gasteiger partial charge in [-0.2, -0.15) is 0 Å². The topological polar surface area (TPSA) is 129 Å². The van der Waals surface area contributed by atoms with Crippen molar-refractivity contribution in [3.05, 3.63) is 119 Å². The summed E-state index contributed by atoms with van der Waals surface area (Å²) in [7, 11) is 0. The minimum Gasteiger partial charge on any atom is -0.473 e. The van der Waals surface area contributed by atoms with Crippen molar-refractivity contribution < 1.29 is 33.3 Å². The summed E-state index contributed by atoms with van der Waals surface area (Å²) in [6.45, 7) is 14.6. The highest BCUT2D eigenvalue weighted by Gasteiger charge is 2.15. The normalized spacial score (nSPS) is 11.7. The van der Waals surface area contributed by atoms with Crippen molar-refractivity contribution in [2.24, 2.45) is 5.92 Å². The van der Waals surface area contributed by atoms with E-state index in [1.165, 1.54) is 22.3 Å². The Kier molecular flexibility index (Phi) is 20.8. The van der Waals surface area contributed by atoms with Crippen LogP contribution < -0.4 is 20.7 Å². The van der Waals surface area contributed by atoms with Crippen molar-refractivity contribution in [3.8, 4) is 17.0 Å². The molecule has 2 amide bonds. The fourth-order valence-electron chi connectivity index (χ4n) is 6.02. The molecule has 0 bridgehead atoms. The first-order chi connectivity index (χ1) is 27.8. The molecule has 308 valence electrons. The third-order valence-electron chi connectivity index (χ3n) is 9.31. The van der Waals surface area contributed by atoms with E-state index in [4.69, 9.17) is 23.7 Å². The molecule has 0 saturated carbocycles. The number of nitrogens with one attached hydrogen (secondary N) is 3. The van der Waals surface area contributed by atoms with E-state index >= 15 is 0 Å². The van der Waals surface area contributed by atoms with Gasteiger partial charge in [-0.3, -0.25) is 9.59 Å². The monoisotopic (exact) mass is 782 g/mol. The van der Waals surface area contributed by atoms with Gasteiger partial charge < -0.3 is 39.6 Å². The first-order valence-corrected chi connectivity index (χ1v) is 20.2. The van der Waals surface area contributed by atoms with Crippen LogP contribution in [0.25, 0.3) is 11.1 Å². The van der Waals surface area contributed by atoms with Gasteiger partial charge in [-0.05, 0) is 65.1 Å². The van der Waals surface area contributed by atoms with Crippen LogP contribution in [0.5, 0.6) is 5.88 Å². The van der Waals surface area contributed by atoms with E-state index in [9.17, 15) is 9.59 Å². The molecule has 1 atom stereocenters. The predicted molar refractivity (Wildman–Crippen MR) is 224 cm³/mol. The van der Waals surface area contributed by atoms with Crippen LogP contribution in [-0.4, -0.2) is 89.3 Å². The molecular formula is C46H62N4O7. The molecule has 11 nitrogen and oxygen atoms in total. The number of carbonyl (C=O) groups excluding carboxylic acids is 2. The summed E-state index contributed by atoms with van der Waals surface area (Å²) in [6, 6.07) is 28.8. The maximum atomic E-state index is 12.5. The Hall–Kier alpha value is -4.65. The van der Waals surface area contributed by atoms with E-state index in [-0.39, 0.29) is 24.2 Å². The van der Waals surface area contributed by atoms with Gasteiger partial charge in [0.15, 0.2) is 0 Å². The number of aromatic nitrogens is 1. The Morgan fingerprint density at radius 2 is 1.32 bits per heavy atom. The molecule has 0 aliphatic heterocycles. The molecule has 0 radical (unpaired) electrons. The molecule has 3 N–H and O–H groups in total. The number of hydrogen-bond donors (Lipinski definition) is 3. The van der Waals surface area contributed by atoms with Crippen molar-refractivity contribution in [1.29, 1.82) is 0 Å². The van der Waals surface area contributed by atoms with E-state index < -0.39 is 0 Å². The Labute approximate surface area is 339 Å². The Bertz CT molecular complexity index is 1720. The van der Waals surface area contributed by atoms with Gasteiger partial charge in [0.1, 0.15) is 6.61 Å². The lowest BCUT2D eigenvalue weighted by Gasteiger charge is -2.14. The predicted octanol–water partition coefficient (Wildman–Crippen LogP) is 6.42. The maximum Gasteiger partial charge on any atom is 0.227 e. The molecule has 1 unspecified atom stereocenters. The molecule has 0 aliphatic rings. The summed E-state index contributed by atoms with van der Waals surface area (Å²) in [5.74, 6) is 0.765. The molecule has 0 saturated heterocycles. The van der Waals surface area contributed by atoms with Crippen molar-refractivity contribution in [2.45, 2.75) is 59.6 Å². The third kappa shape index (κ3) is 17.6. The second-order valence-electron chi connectivity index (χ2n) is 14.3. The zero-order chi connectivity index (χ0) is 40.5. The van der Waals surface area contributed by atoms with Crippen LogP contribution in [0.15, 0.2) is 91.1 Å². The molecule has 0 aliphatic carbocycles. The fourth-order valence-corrected chi connectivity index (χ4v) is 6.02. The number of carbonyl (C=O) groups is 2. The fraction of sp³-hybridized carbons (Fsp3) is 0.457. The van der Waals surface area contributed by atoms with Crippen LogP contribution in [0.1, 0.15) is 60.9 Å². The number of ether oxygens (including phenoxy) is 5. The molecule has 4 aromatic rings. The zero-order valence-electron chi connectivity index (χ0n) is 34.2. The van der Waals surface area contributed by atoms with E-state index in [2.05, 4.69) is 96.3 Å². The molecule has 0 fully saturated rings. The minimum absolute atomic E-state index is 0.0566. The molecular weight excluding hydrogens is 721 g/mol. The van der Waals surface area contributed by atoms with E-state index in [1.54, 1.807) is 0 Å². The summed E-state index contributed by atoms with van der Waals surface area (Å²) in [6.07, 6.45) is 3.10. The highest BCUT2D eigenvalue weighted by molar-refractivity contribution is 5.83. The summed E-state index contributed by atoms with van der Waals surface area (Å²) >= 11 is 0. The Balaban J connectivity index is 0.897. The third-order valence-corrected chi connectivity index (χ3v) is 9.31. The van der Waals surface area contributed by atoms with Gasteiger partial charge in [0.2, 0.25) is 17.7 Å². The van der Waals surface area contributed by atoms with Crippen molar-refractivity contribution in [1.82, 2.24) is 20.9 Å². The molecule has 0 spiro atoms. The Morgan fingerprint density at radius 3 is 1.98 bits per heavy atom. The van der Waals surface area contributed by atoms with Gasteiger partial charge >= 0.3 is 0 Å². The maximum absolute atomic E-state index is 12.5. The van der Waals surface area contributed by atoms with Gasteiger partial charge in [0.25, 0.3) is 0 Å². The average molecular weight is 783 g/mol. The SMILES string of the molecule is Cc1c(COc2ccc(CNCCOCCOCCOCCOCCC(=O)NCCNC(=O)C(C)c3ccc(CC(C)C)cc3)cn2)cccc1-c1ccccc1. The highest BCUT2D eigenvalue weighted by atomic mass is 16.6. The minimum atomic E-state index is -0.253. The lowest BCUT2D eigenvalue weighted by Crippen LogP contribution is -2.36. The number of hydrogen-bond acceptors (Lipinski definition) is 9. The van der Waals surface area contributed by atoms with Gasteiger partial charge in [0, 0.05) is 44.9 Å². The van der Waals surface area contributed by atoms with E-state index in [1.807, 2.05) is 43.5 Å². The number of amides is 2. The smallest absolute Gasteiger partial charge is 0.227 e. The molecule has 11 heteroatoms. The first-order valence-electron chi connectivity index (χ1n) is 20.2. The van der Waals surface area contributed by atoms with Gasteiger partial charge in [-0.1, -0.05) is 92.7 Å². The average Bonchev–Trinajstić information content (AvgIpc) is 3.22. The number of nitrogens with zero attached hydrogens (tertiary/aromatic N) is 1. The number of pyridine rings is 1. The van der Waals surface area contributed by atoms with Crippen LogP contribution in [-0.2, 0) is 48.1 Å². The zero-order valence-corrected chi connectivity index (χ0v) is 34.2. The standard InChI is InChI=1S/C46H62N4O7/c1-35(2)31-38-13-16-40(17-14-38)37(4)46(52)49-21-20-48-44(51)19-23-53-25-27-55-29-30-56-28-26-54-24-22-47-32-39-15-18-45(50-33-39)57-34-42-11-8-12-43(36(42)3)41-9-6-5-7-10-41/h5-18,33,35,37,47H,19-32,34H2,1-4H3,(H,48,51)(H,49,52). The Morgan fingerprint density at radius 1 is 0.667 bits per heavy atom. The van der Waals surface area contributed by atoms with Crippen LogP contribution in [0.3, 0.4) is 0 Å². The molecule has 1 aromatic heterocycles.